The fourth-order valence-corrected chi connectivity index (χ4v) is 4.19. The van der Waals surface area contributed by atoms with Crippen LogP contribution in [0.2, 0.25) is 0 Å². The third-order valence-corrected chi connectivity index (χ3v) is 6.09. The van der Waals surface area contributed by atoms with Crippen LogP contribution >= 0.6 is 11.3 Å². The van der Waals surface area contributed by atoms with Crippen molar-refractivity contribution in [1.82, 2.24) is 25.6 Å². The van der Waals surface area contributed by atoms with Crippen molar-refractivity contribution >= 4 is 23.2 Å². The van der Waals surface area contributed by atoms with Crippen molar-refractivity contribution in [1.29, 1.82) is 0 Å². The minimum atomic E-state index is -0.279. The Morgan fingerprint density at radius 3 is 2.62 bits per heavy atom. The molecule has 2 amide bonds. The molecule has 3 heterocycles. The lowest BCUT2D eigenvalue weighted by atomic mass is 10.1. The van der Waals surface area contributed by atoms with Gasteiger partial charge in [-0.15, -0.1) is 11.3 Å². The number of aromatic nitrogens is 3. The highest BCUT2D eigenvalue weighted by Crippen LogP contribution is 2.26. The maximum Gasteiger partial charge on any atom is 0.269 e. The number of pyridine rings is 2. The molecule has 0 fully saturated rings. The lowest BCUT2D eigenvalue weighted by molar-refractivity contribution is 0.0949. The molecular weight excluding hydrogens is 450 g/mol. The van der Waals surface area contributed by atoms with Crippen LogP contribution in [0, 0.1) is 6.92 Å². The van der Waals surface area contributed by atoms with E-state index in [1.54, 1.807) is 25.4 Å². The number of carbonyl (C=O) groups is 2. The zero-order chi connectivity index (χ0) is 23.9. The van der Waals surface area contributed by atoms with Crippen LogP contribution in [-0.2, 0) is 6.42 Å². The fourth-order valence-electron chi connectivity index (χ4n) is 3.23. The van der Waals surface area contributed by atoms with E-state index in [-0.39, 0.29) is 17.5 Å². The lowest BCUT2D eigenvalue weighted by Crippen LogP contribution is -2.25. The number of nitrogens with zero attached hydrogens (tertiary/aromatic N) is 3. The molecule has 34 heavy (non-hydrogen) atoms. The molecule has 0 unspecified atom stereocenters. The second kappa shape index (κ2) is 10.7. The molecule has 0 bridgehead atoms. The van der Waals surface area contributed by atoms with Gasteiger partial charge in [0.05, 0.1) is 11.4 Å². The van der Waals surface area contributed by atoms with Crippen LogP contribution in [0.5, 0.6) is 11.5 Å². The summed E-state index contributed by atoms with van der Waals surface area (Å²) in [6.45, 7) is 2.29. The molecule has 0 radical (unpaired) electrons. The Balaban J connectivity index is 1.35. The number of nitrogens with one attached hydrogen (secondary N) is 2. The van der Waals surface area contributed by atoms with Crippen LogP contribution in [0.25, 0.3) is 10.7 Å². The first-order chi connectivity index (χ1) is 16.5. The number of hydrogen-bond acceptors (Lipinski definition) is 7. The summed E-state index contributed by atoms with van der Waals surface area (Å²) < 4.78 is 5.89. The largest absolute Gasteiger partial charge is 0.457 e. The predicted octanol–water partition coefficient (Wildman–Crippen LogP) is 4.03. The molecule has 172 valence electrons. The van der Waals surface area contributed by atoms with E-state index >= 15 is 0 Å². The van der Waals surface area contributed by atoms with Crippen LogP contribution in [0.15, 0.2) is 67.0 Å². The highest BCUT2D eigenvalue weighted by Gasteiger charge is 2.16. The quantitative estimate of drug-likeness (QED) is 0.400. The number of thiazole rings is 1. The molecule has 0 spiro atoms. The number of hydrogen-bond donors (Lipinski definition) is 2. The average Bonchev–Trinajstić information content (AvgIpc) is 3.26. The van der Waals surface area contributed by atoms with Gasteiger partial charge in [0, 0.05) is 32.1 Å². The monoisotopic (exact) mass is 473 g/mol. The molecule has 0 atom stereocenters. The van der Waals surface area contributed by atoms with E-state index in [2.05, 4.69) is 25.6 Å². The third-order valence-electron chi connectivity index (χ3n) is 4.91. The number of amides is 2. The van der Waals surface area contributed by atoms with Crippen LogP contribution in [0.1, 0.15) is 31.4 Å². The molecule has 0 aliphatic carbocycles. The molecule has 8 nitrogen and oxygen atoms in total. The van der Waals surface area contributed by atoms with Gasteiger partial charge in [-0.2, -0.15) is 0 Å². The van der Waals surface area contributed by atoms with E-state index in [0.29, 0.717) is 35.0 Å². The van der Waals surface area contributed by atoms with E-state index < -0.39 is 0 Å². The van der Waals surface area contributed by atoms with Gasteiger partial charge in [0.25, 0.3) is 11.8 Å². The van der Waals surface area contributed by atoms with Crippen molar-refractivity contribution in [2.24, 2.45) is 0 Å². The first kappa shape index (κ1) is 23.1. The molecule has 4 aromatic rings. The molecular formula is C25H23N5O3S. The van der Waals surface area contributed by atoms with E-state index in [4.69, 9.17) is 4.74 Å². The standard InChI is InChI=1S/C25H23N5O3S/c1-16-22(34-25(30-16)20-8-3-4-11-27-20)24(32)29-12-9-17-6-5-7-18(14-17)33-19-10-13-28-21(15-19)23(31)26-2/h3-8,10-11,13-15H,9,12H2,1-2H3,(H,26,31)(H,29,32). The highest BCUT2D eigenvalue weighted by molar-refractivity contribution is 7.17. The van der Waals surface area contributed by atoms with Crippen LogP contribution in [0.4, 0.5) is 0 Å². The average molecular weight is 474 g/mol. The molecule has 3 aromatic heterocycles. The van der Waals surface area contributed by atoms with Crippen molar-refractivity contribution in [3.8, 4) is 22.2 Å². The van der Waals surface area contributed by atoms with E-state index in [1.165, 1.54) is 17.5 Å². The Kier molecular flexibility index (Phi) is 7.24. The maximum atomic E-state index is 12.7. The van der Waals surface area contributed by atoms with E-state index in [0.717, 1.165) is 16.3 Å². The number of carbonyl (C=O) groups excluding carboxylic acids is 2. The summed E-state index contributed by atoms with van der Waals surface area (Å²) in [6, 6.07) is 16.5. The number of aryl methyl sites for hydroxylation is 1. The van der Waals surface area contributed by atoms with Gasteiger partial charge in [-0.25, -0.2) is 4.98 Å². The van der Waals surface area contributed by atoms with Crippen molar-refractivity contribution in [3.05, 3.63) is 88.8 Å². The molecule has 0 aliphatic rings. The molecule has 1 aromatic carbocycles. The highest BCUT2D eigenvalue weighted by atomic mass is 32.1. The van der Waals surface area contributed by atoms with Crippen molar-refractivity contribution < 1.29 is 14.3 Å². The van der Waals surface area contributed by atoms with Crippen molar-refractivity contribution in [2.45, 2.75) is 13.3 Å². The minimum Gasteiger partial charge on any atom is -0.457 e. The van der Waals surface area contributed by atoms with Gasteiger partial charge in [-0.1, -0.05) is 18.2 Å². The molecule has 0 saturated heterocycles. The molecule has 0 aliphatic heterocycles. The lowest BCUT2D eigenvalue weighted by Gasteiger charge is -2.09. The number of benzene rings is 1. The molecule has 2 N–H and O–H groups in total. The summed E-state index contributed by atoms with van der Waals surface area (Å²) in [5.74, 6) is 0.723. The Morgan fingerprint density at radius 2 is 1.82 bits per heavy atom. The first-order valence-electron chi connectivity index (χ1n) is 10.7. The predicted molar refractivity (Wildman–Crippen MR) is 130 cm³/mol. The third kappa shape index (κ3) is 5.62. The van der Waals surface area contributed by atoms with Gasteiger partial charge in [-0.3, -0.25) is 19.6 Å². The second-order valence-corrected chi connectivity index (χ2v) is 8.36. The van der Waals surface area contributed by atoms with Crippen molar-refractivity contribution in [3.63, 3.8) is 0 Å². The summed E-state index contributed by atoms with van der Waals surface area (Å²) in [7, 11) is 1.55. The van der Waals surface area contributed by atoms with Crippen LogP contribution in [-0.4, -0.2) is 40.4 Å². The minimum absolute atomic E-state index is 0.150. The summed E-state index contributed by atoms with van der Waals surface area (Å²) in [4.78, 5) is 37.9. The number of ether oxygens (including phenoxy) is 1. The Bertz CT molecular complexity index is 1310. The van der Waals surface area contributed by atoms with Gasteiger partial charge in [0.2, 0.25) is 0 Å². The smallest absolute Gasteiger partial charge is 0.269 e. The Hall–Kier alpha value is -4.11. The van der Waals surface area contributed by atoms with Gasteiger partial charge in [0.15, 0.2) is 0 Å². The fraction of sp³-hybridized carbons (Fsp3) is 0.160. The summed E-state index contributed by atoms with van der Waals surface area (Å²) in [5.41, 5.74) is 2.73. The normalized spacial score (nSPS) is 10.5. The van der Waals surface area contributed by atoms with Gasteiger partial charge in [0.1, 0.15) is 27.1 Å². The van der Waals surface area contributed by atoms with Gasteiger partial charge < -0.3 is 15.4 Å². The summed E-state index contributed by atoms with van der Waals surface area (Å²) in [5, 5.41) is 6.23. The maximum absolute atomic E-state index is 12.7. The summed E-state index contributed by atoms with van der Waals surface area (Å²) >= 11 is 1.34. The van der Waals surface area contributed by atoms with E-state index in [1.807, 2.05) is 49.4 Å². The van der Waals surface area contributed by atoms with Crippen LogP contribution < -0.4 is 15.4 Å². The van der Waals surface area contributed by atoms with Gasteiger partial charge >= 0.3 is 0 Å². The second-order valence-electron chi connectivity index (χ2n) is 7.36. The molecule has 4 rings (SSSR count). The SMILES string of the molecule is CNC(=O)c1cc(Oc2cccc(CCNC(=O)c3sc(-c4ccccn4)nc3C)c2)ccn1. The molecule has 9 heteroatoms. The molecule has 0 saturated carbocycles. The topological polar surface area (TPSA) is 106 Å². The Morgan fingerprint density at radius 1 is 0.971 bits per heavy atom. The van der Waals surface area contributed by atoms with Crippen LogP contribution in [0.3, 0.4) is 0 Å². The van der Waals surface area contributed by atoms with Gasteiger partial charge in [-0.05, 0) is 49.2 Å². The Labute approximate surface area is 201 Å². The van der Waals surface area contributed by atoms with E-state index in [9.17, 15) is 9.59 Å². The summed E-state index contributed by atoms with van der Waals surface area (Å²) in [6.07, 6.45) is 3.87. The zero-order valence-electron chi connectivity index (χ0n) is 18.7. The zero-order valence-corrected chi connectivity index (χ0v) is 19.6. The number of rotatable bonds is 8. The van der Waals surface area contributed by atoms with Crippen molar-refractivity contribution in [2.75, 3.05) is 13.6 Å². The first-order valence-corrected chi connectivity index (χ1v) is 11.5.